The summed E-state index contributed by atoms with van der Waals surface area (Å²) in [6.45, 7) is 0.667. The Labute approximate surface area is 125 Å². The van der Waals surface area contributed by atoms with E-state index in [1.54, 1.807) is 0 Å². The zero-order chi connectivity index (χ0) is 16.3. The van der Waals surface area contributed by atoms with Gasteiger partial charge in [-0.1, -0.05) is 12.1 Å². The number of nitrogens with zero attached hydrogens (tertiary/aromatic N) is 1. The monoisotopic (exact) mass is 312 g/mol. The highest BCUT2D eigenvalue weighted by Gasteiger charge is 2.30. The van der Waals surface area contributed by atoms with Crippen LogP contribution in [0.3, 0.4) is 0 Å². The molecule has 1 aliphatic rings. The van der Waals surface area contributed by atoms with Crippen molar-refractivity contribution in [2.24, 2.45) is 11.7 Å². The third kappa shape index (κ3) is 3.87. The maximum absolute atomic E-state index is 12.6. The standard InChI is InChI=1S/C15H15F3N2O2/c16-15(17,18)12-3-1-2-10(8-12)4-5-13(21)20-7-6-11(9-20)14(19)22/h1-5,8,11H,6-7,9H2,(H2,19,22)/b5-4-/t11-/m0/s1. The summed E-state index contributed by atoms with van der Waals surface area (Å²) in [5, 5.41) is 0. The maximum atomic E-state index is 12.6. The Morgan fingerprint density at radius 2 is 2.05 bits per heavy atom. The molecule has 0 spiro atoms. The van der Waals surface area contributed by atoms with Gasteiger partial charge in [0.1, 0.15) is 0 Å². The normalized spacial score (nSPS) is 18.9. The fraction of sp³-hybridized carbons (Fsp3) is 0.333. The van der Waals surface area contributed by atoms with Crippen molar-refractivity contribution < 1.29 is 22.8 Å². The van der Waals surface area contributed by atoms with Crippen LogP contribution in [0.1, 0.15) is 17.5 Å². The van der Waals surface area contributed by atoms with Gasteiger partial charge in [0, 0.05) is 19.2 Å². The number of hydrogen-bond acceptors (Lipinski definition) is 2. The molecular weight excluding hydrogens is 297 g/mol. The summed E-state index contributed by atoms with van der Waals surface area (Å²) in [5.41, 5.74) is 4.70. The van der Waals surface area contributed by atoms with Crippen molar-refractivity contribution in [2.45, 2.75) is 12.6 Å². The number of hydrogen-bond donors (Lipinski definition) is 1. The minimum atomic E-state index is -4.42. The van der Waals surface area contributed by atoms with Crippen molar-refractivity contribution in [3.05, 3.63) is 41.5 Å². The van der Waals surface area contributed by atoms with Gasteiger partial charge in [0.05, 0.1) is 11.5 Å². The Morgan fingerprint density at radius 1 is 1.32 bits per heavy atom. The topological polar surface area (TPSA) is 63.4 Å². The molecule has 2 rings (SSSR count). The van der Waals surface area contributed by atoms with Gasteiger partial charge >= 0.3 is 6.18 Å². The van der Waals surface area contributed by atoms with Crippen LogP contribution in [0.5, 0.6) is 0 Å². The van der Waals surface area contributed by atoms with Gasteiger partial charge in [-0.05, 0) is 30.2 Å². The first kappa shape index (κ1) is 16.1. The average Bonchev–Trinajstić information content (AvgIpc) is 2.94. The number of likely N-dealkylation sites (tertiary alicyclic amines) is 1. The van der Waals surface area contributed by atoms with Gasteiger partial charge in [-0.2, -0.15) is 13.2 Å². The van der Waals surface area contributed by atoms with Crippen molar-refractivity contribution >= 4 is 17.9 Å². The van der Waals surface area contributed by atoms with Crippen LogP contribution < -0.4 is 5.73 Å². The largest absolute Gasteiger partial charge is 0.416 e. The van der Waals surface area contributed by atoms with E-state index in [9.17, 15) is 22.8 Å². The van der Waals surface area contributed by atoms with E-state index in [0.717, 1.165) is 12.1 Å². The molecule has 1 atom stereocenters. The molecule has 0 unspecified atom stereocenters. The molecule has 0 aromatic heterocycles. The maximum Gasteiger partial charge on any atom is 0.416 e. The van der Waals surface area contributed by atoms with Gasteiger partial charge in [-0.3, -0.25) is 9.59 Å². The number of alkyl halides is 3. The highest BCUT2D eigenvalue weighted by atomic mass is 19.4. The molecule has 2 amide bonds. The zero-order valence-electron chi connectivity index (χ0n) is 11.6. The van der Waals surface area contributed by atoms with Gasteiger partial charge in [-0.15, -0.1) is 0 Å². The zero-order valence-corrected chi connectivity index (χ0v) is 11.6. The van der Waals surface area contributed by atoms with Gasteiger partial charge < -0.3 is 10.6 Å². The fourth-order valence-electron chi connectivity index (χ4n) is 2.28. The molecule has 1 fully saturated rings. The third-order valence-corrected chi connectivity index (χ3v) is 3.53. The van der Waals surface area contributed by atoms with Crippen molar-refractivity contribution in [1.29, 1.82) is 0 Å². The smallest absolute Gasteiger partial charge is 0.369 e. The first-order valence-electron chi connectivity index (χ1n) is 6.71. The molecule has 0 radical (unpaired) electrons. The molecule has 1 aromatic carbocycles. The van der Waals surface area contributed by atoms with E-state index >= 15 is 0 Å². The van der Waals surface area contributed by atoms with Crippen molar-refractivity contribution in [2.75, 3.05) is 13.1 Å². The van der Waals surface area contributed by atoms with Crippen LogP contribution in [0.25, 0.3) is 6.08 Å². The quantitative estimate of drug-likeness (QED) is 0.868. The number of primary amides is 1. The Balaban J connectivity index is 2.03. The van der Waals surface area contributed by atoms with Gasteiger partial charge in [0.2, 0.25) is 11.8 Å². The Morgan fingerprint density at radius 3 is 2.64 bits per heavy atom. The second-order valence-corrected chi connectivity index (χ2v) is 5.13. The molecule has 0 aliphatic carbocycles. The Bertz CT molecular complexity index is 611. The van der Waals surface area contributed by atoms with Crippen LogP contribution in [-0.2, 0) is 15.8 Å². The summed E-state index contributed by atoms with van der Waals surface area (Å²) in [7, 11) is 0. The summed E-state index contributed by atoms with van der Waals surface area (Å²) in [6, 6.07) is 4.71. The van der Waals surface area contributed by atoms with Crippen LogP contribution in [0.4, 0.5) is 13.2 Å². The van der Waals surface area contributed by atoms with Crippen LogP contribution >= 0.6 is 0 Å². The molecule has 1 heterocycles. The summed E-state index contributed by atoms with van der Waals surface area (Å²) in [6.07, 6.45) is -1.37. The lowest BCUT2D eigenvalue weighted by molar-refractivity contribution is -0.137. The van der Waals surface area contributed by atoms with Crippen LogP contribution in [0, 0.1) is 5.92 Å². The van der Waals surface area contributed by atoms with Crippen LogP contribution in [-0.4, -0.2) is 29.8 Å². The fourth-order valence-corrected chi connectivity index (χ4v) is 2.28. The second kappa shape index (κ2) is 6.21. The molecule has 1 aromatic rings. The number of carbonyl (C=O) groups is 2. The predicted octanol–water partition coefficient (Wildman–Crippen LogP) is 2.05. The highest BCUT2D eigenvalue weighted by molar-refractivity contribution is 5.92. The molecule has 22 heavy (non-hydrogen) atoms. The van der Waals surface area contributed by atoms with E-state index < -0.39 is 17.6 Å². The molecule has 4 nitrogen and oxygen atoms in total. The summed E-state index contributed by atoms with van der Waals surface area (Å²) in [4.78, 5) is 24.4. The number of nitrogens with two attached hydrogens (primary N) is 1. The first-order chi connectivity index (χ1) is 10.3. The number of rotatable bonds is 3. The summed E-state index contributed by atoms with van der Waals surface area (Å²) in [5.74, 6) is -1.15. The van der Waals surface area contributed by atoms with Crippen molar-refractivity contribution in [1.82, 2.24) is 4.90 Å². The third-order valence-electron chi connectivity index (χ3n) is 3.53. The Hall–Kier alpha value is -2.31. The SMILES string of the molecule is NC(=O)[C@H]1CCN(C(=O)/C=C\c2cccc(C(F)(F)F)c2)C1. The second-order valence-electron chi connectivity index (χ2n) is 5.13. The first-order valence-corrected chi connectivity index (χ1v) is 6.71. The summed E-state index contributed by atoms with van der Waals surface area (Å²) < 4.78 is 37.8. The van der Waals surface area contributed by atoms with Gasteiger partial charge in [0.25, 0.3) is 0 Å². The van der Waals surface area contributed by atoms with Crippen molar-refractivity contribution in [3.63, 3.8) is 0 Å². The van der Waals surface area contributed by atoms with Gasteiger partial charge in [-0.25, -0.2) is 0 Å². The minimum Gasteiger partial charge on any atom is -0.369 e. The Kier molecular flexibility index (Phi) is 4.54. The van der Waals surface area contributed by atoms with Crippen LogP contribution in [0.15, 0.2) is 30.3 Å². The van der Waals surface area contributed by atoms with E-state index in [0.29, 0.717) is 13.0 Å². The molecule has 2 N–H and O–H groups in total. The van der Waals surface area contributed by atoms with Gasteiger partial charge in [0.15, 0.2) is 0 Å². The molecule has 1 saturated heterocycles. The molecule has 0 saturated carbocycles. The van der Waals surface area contributed by atoms with Crippen LogP contribution in [0.2, 0.25) is 0 Å². The van der Waals surface area contributed by atoms with Crippen molar-refractivity contribution in [3.8, 4) is 0 Å². The van der Waals surface area contributed by atoms with E-state index in [1.807, 2.05) is 0 Å². The number of amides is 2. The molecule has 118 valence electrons. The lowest BCUT2D eigenvalue weighted by Gasteiger charge is -2.13. The predicted molar refractivity (Wildman–Crippen MR) is 74.4 cm³/mol. The molecular formula is C15H15F3N2O2. The number of benzene rings is 1. The summed E-state index contributed by atoms with van der Waals surface area (Å²) >= 11 is 0. The average molecular weight is 312 g/mol. The number of carbonyl (C=O) groups excluding carboxylic acids is 2. The number of halogens is 3. The van der Waals surface area contributed by atoms with E-state index in [-0.39, 0.29) is 23.9 Å². The minimum absolute atomic E-state index is 0.251. The van der Waals surface area contributed by atoms with E-state index in [1.165, 1.54) is 29.2 Å². The lowest BCUT2D eigenvalue weighted by Crippen LogP contribution is -2.30. The lowest BCUT2D eigenvalue weighted by atomic mass is 10.1. The molecule has 7 heteroatoms. The highest BCUT2D eigenvalue weighted by Crippen LogP contribution is 2.29. The molecule has 0 bridgehead atoms. The van der Waals surface area contributed by atoms with E-state index in [2.05, 4.69) is 0 Å². The van der Waals surface area contributed by atoms with E-state index in [4.69, 9.17) is 5.73 Å². The molecule has 1 aliphatic heterocycles.